The van der Waals surface area contributed by atoms with E-state index in [-0.39, 0.29) is 0 Å². The van der Waals surface area contributed by atoms with E-state index in [0.29, 0.717) is 12.3 Å². The number of benzene rings is 2. The maximum Gasteiger partial charge on any atom is 0.309 e. The standard InChI is InChI=1S/C25H25N4O3/c1-31-20-12-10-18(11-13-20)21-22-24(27-15-7-3-6-14-26-17-30)28-16-29-25(22)32-23(21)19-8-4-2-5-9-19/h2,4-5,8-13,16H,3,6-7,14-15H2,1H3,(H,26,30)(H,27,28,29). The van der Waals surface area contributed by atoms with Crippen LogP contribution in [0.3, 0.4) is 0 Å². The van der Waals surface area contributed by atoms with Crippen LogP contribution in [0, 0.1) is 0 Å². The Morgan fingerprint density at radius 3 is 2.47 bits per heavy atom. The minimum Gasteiger partial charge on any atom is -0.497 e. The molecule has 1 radical (unpaired) electrons. The van der Waals surface area contributed by atoms with Crippen molar-refractivity contribution >= 4 is 23.3 Å². The SMILES string of the molecule is COc1ccc(-c2c(-c3ccccc3)oc3ncnc(NCCCCCN[C]=O)c23)cc1. The van der Waals surface area contributed by atoms with Crippen molar-refractivity contribution in [3.8, 4) is 28.2 Å². The zero-order valence-corrected chi connectivity index (χ0v) is 17.9. The van der Waals surface area contributed by atoms with Crippen molar-refractivity contribution in [1.82, 2.24) is 15.3 Å². The number of furan rings is 1. The molecule has 4 rings (SSSR count). The molecule has 1 amide bonds. The summed E-state index contributed by atoms with van der Waals surface area (Å²) < 4.78 is 11.6. The third-order valence-corrected chi connectivity index (χ3v) is 5.25. The van der Waals surface area contributed by atoms with Gasteiger partial charge in [-0.3, -0.25) is 4.79 Å². The molecular formula is C25H25N4O3. The van der Waals surface area contributed by atoms with E-state index in [1.807, 2.05) is 54.6 Å². The van der Waals surface area contributed by atoms with Crippen LogP contribution in [0.25, 0.3) is 33.6 Å². The molecule has 0 saturated heterocycles. The van der Waals surface area contributed by atoms with Gasteiger partial charge < -0.3 is 19.8 Å². The number of hydrogen-bond acceptors (Lipinski definition) is 6. The third kappa shape index (κ3) is 4.72. The third-order valence-electron chi connectivity index (χ3n) is 5.25. The van der Waals surface area contributed by atoms with Gasteiger partial charge >= 0.3 is 6.41 Å². The lowest BCUT2D eigenvalue weighted by molar-refractivity contribution is 0.415. The van der Waals surface area contributed by atoms with Crippen molar-refractivity contribution in [1.29, 1.82) is 0 Å². The maximum atomic E-state index is 10.2. The first-order valence-electron chi connectivity index (χ1n) is 10.6. The lowest BCUT2D eigenvalue weighted by Gasteiger charge is -2.09. The number of carbonyl (C=O) groups excluding carboxylic acids is 1. The first-order chi connectivity index (χ1) is 15.8. The topological polar surface area (TPSA) is 89.3 Å². The molecule has 0 aliphatic rings. The van der Waals surface area contributed by atoms with Gasteiger partial charge in [-0.1, -0.05) is 42.5 Å². The molecule has 32 heavy (non-hydrogen) atoms. The number of rotatable bonds is 11. The normalized spacial score (nSPS) is 10.8. The Balaban J connectivity index is 1.69. The number of hydrogen-bond donors (Lipinski definition) is 2. The van der Waals surface area contributed by atoms with Crippen LogP contribution in [0.5, 0.6) is 5.75 Å². The van der Waals surface area contributed by atoms with E-state index in [0.717, 1.165) is 65.2 Å². The molecule has 2 N–H and O–H groups in total. The van der Waals surface area contributed by atoms with Crippen LogP contribution in [0.2, 0.25) is 0 Å². The molecule has 2 aromatic heterocycles. The van der Waals surface area contributed by atoms with Crippen LogP contribution in [0.15, 0.2) is 65.3 Å². The fraction of sp³-hybridized carbons (Fsp3) is 0.240. The van der Waals surface area contributed by atoms with Crippen molar-refractivity contribution < 1.29 is 13.9 Å². The molecule has 7 nitrogen and oxygen atoms in total. The average molecular weight is 430 g/mol. The summed E-state index contributed by atoms with van der Waals surface area (Å²) in [6.07, 6.45) is 6.07. The van der Waals surface area contributed by atoms with Gasteiger partial charge in [0.2, 0.25) is 5.71 Å². The Morgan fingerprint density at radius 1 is 0.938 bits per heavy atom. The van der Waals surface area contributed by atoms with Crippen LogP contribution >= 0.6 is 0 Å². The summed E-state index contributed by atoms with van der Waals surface area (Å²) in [4.78, 5) is 19.1. The molecular weight excluding hydrogens is 404 g/mol. The van der Waals surface area contributed by atoms with Crippen LogP contribution in [-0.4, -0.2) is 36.6 Å². The van der Waals surface area contributed by atoms with Crippen molar-refractivity contribution in [3.05, 3.63) is 60.9 Å². The Bertz CT molecular complexity index is 1160. The molecule has 0 aliphatic carbocycles. The molecule has 0 fully saturated rings. The van der Waals surface area contributed by atoms with Crippen LogP contribution < -0.4 is 15.4 Å². The van der Waals surface area contributed by atoms with E-state index in [1.165, 1.54) is 6.33 Å². The van der Waals surface area contributed by atoms with Gasteiger partial charge in [0, 0.05) is 24.2 Å². The number of unbranched alkanes of at least 4 members (excludes halogenated alkanes) is 2. The number of nitrogens with zero attached hydrogens (tertiary/aromatic N) is 2. The number of fused-ring (bicyclic) bond motifs is 1. The van der Waals surface area contributed by atoms with Gasteiger partial charge in [0.25, 0.3) is 0 Å². The first-order valence-corrected chi connectivity index (χ1v) is 10.6. The predicted molar refractivity (Wildman–Crippen MR) is 125 cm³/mol. The number of anilines is 1. The second kappa shape index (κ2) is 10.4. The van der Waals surface area contributed by atoms with Gasteiger partial charge in [0.1, 0.15) is 23.7 Å². The van der Waals surface area contributed by atoms with E-state index < -0.39 is 0 Å². The lowest BCUT2D eigenvalue weighted by Crippen LogP contribution is -2.12. The summed E-state index contributed by atoms with van der Waals surface area (Å²) in [6.45, 7) is 1.40. The van der Waals surface area contributed by atoms with Crippen molar-refractivity contribution in [2.45, 2.75) is 19.3 Å². The maximum absolute atomic E-state index is 10.2. The Labute approximate surface area is 186 Å². The summed E-state index contributed by atoms with van der Waals surface area (Å²) in [5.41, 5.74) is 3.46. The summed E-state index contributed by atoms with van der Waals surface area (Å²) in [7, 11) is 1.65. The number of nitrogens with one attached hydrogen (secondary N) is 2. The highest BCUT2D eigenvalue weighted by molar-refractivity contribution is 6.05. The van der Waals surface area contributed by atoms with E-state index in [4.69, 9.17) is 9.15 Å². The molecule has 7 heteroatoms. The quantitative estimate of drug-likeness (QED) is 0.263. The molecule has 0 bridgehead atoms. The van der Waals surface area contributed by atoms with Crippen LogP contribution in [0.4, 0.5) is 5.82 Å². The number of methoxy groups -OCH3 is 1. The first kappa shape index (κ1) is 21.4. The van der Waals surface area contributed by atoms with Crippen LogP contribution in [0.1, 0.15) is 19.3 Å². The molecule has 2 aromatic carbocycles. The second-order valence-corrected chi connectivity index (χ2v) is 7.32. The smallest absolute Gasteiger partial charge is 0.309 e. The fourth-order valence-corrected chi connectivity index (χ4v) is 3.67. The van der Waals surface area contributed by atoms with E-state index in [1.54, 1.807) is 13.5 Å². The summed E-state index contributed by atoms with van der Waals surface area (Å²) in [6, 6.07) is 17.9. The molecule has 0 atom stereocenters. The van der Waals surface area contributed by atoms with Gasteiger partial charge in [0.05, 0.1) is 12.5 Å². The van der Waals surface area contributed by atoms with Gasteiger partial charge in [0.15, 0.2) is 0 Å². The van der Waals surface area contributed by atoms with Crippen molar-refractivity contribution in [2.24, 2.45) is 0 Å². The molecule has 0 unspecified atom stereocenters. The molecule has 4 aromatic rings. The molecule has 2 heterocycles. The van der Waals surface area contributed by atoms with Gasteiger partial charge in [-0.25, -0.2) is 9.97 Å². The molecule has 163 valence electrons. The van der Waals surface area contributed by atoms with Crippen molar-refractivity contribution in [3.63, 3.8) is 0 Å². The number of ether oxygens (including phenoxy) is 1. The Kier molecular flexibility index (Phi) is 6.97. The second-order valence-electron chi connectivity index (χ2n) is 7.32. The Morgan fingerprint density at radius 2 is 1.72 bits per heavy atom. The minimum absolute atomic E-state index is 0.540. The molecule has 0 saturated carbocycles. The molecule has 0 aliphatic heterocycles. The monoisotopic (exact) mass is 429 g/mol. The Hall–Kier alpha value is -3.87. The number of amides is 1. The zero-order chi connectivity index (χ0) is 22.2. The average Bonchev–Trinajstić information content (AvgIpc) is 3.24. The van der Waals surface area contributed by atoms with E-state index in [2.05, 4.69) is 20.6 Å². The van der Waals surface area contributed by atoms with Gasteiger partial charge in [-0.2, -0.15) is 0 Å². The summed E-state index contributed by atoms with van der Waals surface area (Å²) >= 11 is 0. The zero-order valence-electron chi connectivity index (χ0n) is 17.9. The van der Waals surface area contributed by atoms with Gasteiger partial charge in [-0.15, -0.1) is 0 Å². The highest BCUT2D eigenvalue weighted by Gasteiger charge is 2.22. The highest BCUT2D eigenvalue weighted by Crippen LogP contribution is 2.42. The summed E-state index contributed by atoms with van der Waals surface area (Å²) in [5, 5.41) is 6.86. The van der Waals surface area contributed by atoms with Crippen molar-refractivity contribution in [2.75, 3.05) is 25.5 Å². The summed E-state index contributed by atoms with van der Waals surface area (Å²) in [5.74, 6) is 2.29. The number of aromatic nitrogens is 2. The minimum atomic E-state index is 0.540. The molecule has 0 spiro atoms. The van der Waals surface area contributed by atoms with Crippen LogP contribution in [-0.2, 0) is 4.79 Å². The highest BCUT2D eigenvalue weighted by atomic mass is 16.5. The van der Waals surface area contributed by atoms with E-state index >= 15 is 0 Å². The predicted octanol–water partition coefficient (Wildman–Crippen LogP) is 4.80. The van der Waals surface area contributed by atoms with Gasteiger partial charge in [-0.05, 0) is 37.0 Å². The fourth-order valence-electron chi connectivity index (χ4n) is 3.67. The van der Waals surface area contributed by atoms with E-state index in [9.17, 15) is 4.79 Å². The lowest BCUT2D eigenvalue weighted by atomic mass is 9.99. The largest absolute Gasteiger partial charge is 0.497 e.